The largest absolute Gasteiger partial charge is 0.369 e. The quantitative estimate of drug-likeness (QED) is 0.514. The number of likely N-dealkylation sites (tertiary alicyclic amines) is 1. The highest BCUT2D eigenvalue weighted by molar-refractivity contribution is 6.30. The van der Waals surface area contributed by atoms with Gasteiger partial charge in [-0.3, -0.25) is 9.69 Å². The van der Waals surface area contributed by atoms with Crippen molar-refractivity contribution >= 4 is 23.5 Å². The van der Waals surface area contributed by atoms with Gasteiger partial charge in [0.05, 0.1) is 0 Å². The Morgan fingerprint density at radius 3 is 2.54 bits per heavy atom. The molecule has 5 nitrogen and oxygen atoms in total. The van der Waals surface area contributed by atoms with Gasteiger partial charge in [-0.25, -0.2) is 4.99 Å². The van der Waals surface area contributed by atoms with Crippen LogP contribution in [0, 0.1) is 5.92 Å². The van der Waals surface area contributed by atoms with Gasteiger partial charge in [0.1, 0.15) is 0 Å². The third-order valence-corrected chi connectivity index (χ3v) is 7.46. The molecule has 1 unspecified atom stereocenters. The molecule has 1 saturated heterocycles. The van der Waals surface area contributed by atoms with E-state index in [2.05, 4.69) is 40.2 Å². The highest BCUT2D eigenvalue weighted by Gasteiger charge is 2.46. The predicted molar refractivity (Wildman–Crippen MR) is 142 cm³/mol. The second-order valence-electron chi connectivity index (χ2n) is 9.74. The molecule has 2 heterocycles. The Bertz CT molecular complexity index is 1240. The number of rotatable bonds is 7. The van der Waals surface area contributed by atoms with E-state index in [1.807, 2.05) is 55.5 Å². The molecule has 3 aromatic carbocycles. The van der Waals surface area contributed by atoms with Gasteiger partial charge >= 0.3 is 0 Å². The van der Waals surface area contributed by atoms with Crippen LogP contribution in [-0.4, -0.2) is 47.8 Å². The highest BCUT2D eigenvalue weighted by atomic mass is 35.5. The van der Waals surface area contributed by atoms with E-state index in [1.54, 1.807) is 4.90 Å². The van der Waals surface area contributed by atoms with Crippen LogP contribution in [0.2, 0.25) is 5.02 Å². The summed E-state index contributed by atoms with van der Waals surface area (Å²) in [7, 11) is 0. The van der Waals surface area contributed by atoms with Gasteiger partial charge in [0.2, 0.25) is 0 Å². The first kappa shape index (κ1) is 23.6. The Kier molecular flexibility index (Phi) is 6.63. The number of halogens is 1. The Hall–Kier alpha value is -3.15. The van der Waals surface area contributed by atoms with Gasteiger partial charge in [-0.1, -0.05) is 72.3 Å². The Balaban J connectivity index is 1.25. The zero-order chi connectivity index (χ0) is 24.4. The Labute approximate surface area is 212 Å². The van der Waals surface area contributed by atoms with Crippen LogP contribution in [0.5, 0.6) is 0 Å². The molecule has 35 heavy (non-hydrogen) atoms. The van der Waals surface area contributed by atoms with Crippen molar-refractivity contribution in [1.29, 1.82) is 0 Å². The monoisotopic (exact) mass is 486 g/mol. The lowest BCUT2D eigenvalue weighted by molar-refractivity contribution is -0.131. The average molecular weight is 487 g/mol. The summed E-state index contributed by atoms with van der Waals surface area (Å²) in [5.41, 5.74) is 9.49. The highest BCUT2D eigenvalue weighted by Crippen LogP contribution is 2.36. The molecule has 2 atom stereocenters. The molecule has 1 fully saturated rings. The third kappa shape index (κ3) is 4.97. The maximum absolute atomic E-state index is 13.6. The van der Waals surface area contributed by atoms with Crippen LogP contribution in [0.25, 0.3) is 11.1 Å². The van der Waals surface area contributed by atoms with Crippen LogP contribution in [0.3, 0.4) is 0 Å². The second-order valence-corrected chi connectivity index (χ2v) is 10.2. The fourth-order valence-electron chi connectivity index (χ4n) is 5.19. The second kappa shape index (κ2) is 9.84. The van der Waals surface area contributed by atoms with Crippen LogP contribution < -0.4 is 5.73 Å². The van der Waals surface area contributed by atoms with E-state index in [0.29, 0.717) is 23.4 Å². The van der Waals surface area contributed by atoms with Crippen molar-refractivity contribution in [2.24, 2.45) is 16.6 Å². The van der Waals surface area contributed by atoms with Crippen molar-refractivity contribution in [1.82, 2.24) is 9.80 Å². The lowest BCUT2D eigenvalue weighted by Gasteiger charge is -2.25. The normalized spacial score (nSPS) is 22.6. The molecule has 6 heteroatoms. The zero-order valence-electron chi connectivity index (χ0n) is 20.0. The molecular formula is C29H31ClN4O. The van der Waals surface area contributed by atoms with Crippen LogP contribution in [-0.2, 0) is 16.8 Å². The van der Waals surface area contributed by atoms with Crippen molar-refractivity contribution in [2.75, 3.05) is 26.2 Å². The summed E-state index contributed by atoms with van der Waals surface area (Å²) >= 11 is 6.19. The van der Waals surface area contributed by atoms with Gasteiger partial charge in [0, 0.05) is 24.7 Å². The summed E-state index contributed by atoms with van der Waals surface area (Å²) in [5, 5.41) is 0.680. The minimum Gasteiger partial charge on any atom is -0.369 e. The first-order chi connectivity index (χ1) is 16.9. The lowest BCUT2D eigenvalue weighted by atomic mass is 9.89. The summed E-state index contributed by atoms with van der Waals surface area (Å²) in [6.45, 7) is 5.53. The topological polar surface area (TPSA) is 61.9 Å². The Morgan fingerprint density at radius 2 is 1.77 bits per heavy atom. The minimum atomic E-state index is -1.02. The molecule has 0 spiro atoms. The van der Waals surface area contributed by atoms with E-state index in [0.717, 1.165) is 49.2 Å². The molecule has 5 rings (SSSR count). The standard InChI is InChI=1S/C29H31ClN4O/c1-29(25-11-5-9-23(17-25)24-10-6-12-26(30)18-24)27(35)34(28(31)32-29)20-22-14-16-33(19-22)15-13-21-7-3-2-4-8-21/h2-12,17-18,22H,13-16,19-20H2,1H3,(H2,31,32)/t22-,29?/m0/s1. The van der Waals surface area contributed by atoms with Crippen LogP contribution >= 0.6 is 11.6 Å². The van der Waals surface area contributed by atoms with E-state index in [9.17, 15) is 4.79 Å². The maximum Gasteiger partial charge on any atom is 0.261 e. The number of aliphatic imine (C=N–C) groups is 1. The molecule has 180 valence electrons. The van der Waals surface area contributed by atoms with Crippen LogP contribution in [0.1, 0.15) is 24.5 Å². The summed E-state index contributed by atoms with van der Waals surface area (Å²) < 4.78 is 0. The number of benzene rings is 3. The van der Waals surface area contributed by atoms with Crippen LogP contribution in [0.15, 0.2) is 83.9 Å². The first-order valence-corrected chi connectivity index (χ1v) is 12.6. The summed E-state index contributed by atoms with van der Waals surface area (Å²) in [6, 6.07) is 26.2. The van der Waals surface area contributed by atoms with Crippen molar-refractivity contribution < 1.29 is 4.79 Å². The molecular weight excluding hydrogens is 456 g/mol. The number of carbonyl (C=O) groups is 1. The van der Waals surface area contributed by atoms with E-state index < -0.39 is 5.54 Å². The maximum atomic E-state index is 13.6. The molecule has 0 aliphatic carbocycles. The summed E-state index contributed by atoms with van der Waals surface area (Å²) in [4.78, 5) is 22.5. The van der Waals surface area contributed by atoms with Gasteiger partial charge in [-0.05, 0) is 72.7 Å². The van der Waals surface area contributed by atoms with E-state index in [4.69, 9.17) is 17.3 Å². The van der Waals surface area contributed by atoms with Gasteiger partial charge in [0.25, 0.3) is 5.91 Å². The van der Waals surface area contributed by atoms with Gasteiger partial charge in [-0.2, -0.15) is 0 Å². The van der Waals surface area contributed by atoms with Gasteiger partial charge in [-0.15, -0.1) is 0 Å². The number of hydrogen-bond donors (Lipinski definition) is 1. The predicted octanol–water partition coefficient (Wildman–Crippen LogP) is 4.94. The minimum absolute atomic E-state index is 0.0546. The number of hydrogen-bond acceptors (Lipinski definition) is 4. The molecule has 2 aliphatic heterocycles. The molecule has 3 aromatic rings. The fraction of sp³-hybridized carbons (Fsp3) is 0.310. The number of amides is 1. The molecule has 2 aliphatic rings. The average Bonchev–Trinajstić information content (AvgIpc) is 3.41. The fourth-order valence-corrected chi connectivity index (χ4v) is 5.38. The van der Waals surface area contributed by atoms with Crippen molar-refractivity contribution in [3.8, 4) is 11.1 Å². The third-order valence-electron chi connectivity index (χ3n) is 7.23. The van der Waals surface area contributed by atoms with Crippen molar-refractivity contribution in [3.63, 3.8) is 0 Å². The van der Waals surface area contributed by atoms with Crippen molar-refractivity contribution in [2.45, 2.75) is 25.3 Å². The number of nitrogens with zero attached hydrogens (tertiary/aromatic N) is 3. The summed E-state index contributed by atoms with van der Waals surface area (Å²) in [6.07, 6.45) is 2.10. The van der Waals surface area contributed by atoms with E-state index in [1.165, 1.54) is 5.56 Å². The van der Waals surface area contributed by atoms with E-state index in [-0.39, 0.29) is 5.91 Å². The molecule has 0 bridgehead atoms. The smallest absolute Gasteiger partial charge is 0.261 e. The van der Waals surface area contributed by atoms with Gasteiger partial charge in [0.15, 0.2) is 11.5 Å². The SMILES string of the molecule is CC1(c2cccc(-c3cccc(Cl)c3)c2)N=C(N)N(C[C@H]2CCN(CCc3ccccc3)C2)C1=O. The molecule has 2 N–H and O–H groups in total. The molecule has 0 saturated carbocycles. The number of carbonyl (C=O) groups excluding carboxylic acids is 1. The van der Waals surface area contributed by atoms with Crippen molar-refractivity contribution in [3.05, 3.63) is 95.0 Å². The van der Waals surface area contributed by atoms with Gasteiger partial charge < -0.3 is 10.6 Å². The lowest BCUT2D eigenvalue weighted by Crippen LogP contribution is -2.44. The molecule has 0 aromatic heterocycles. The number of nitrogens with two attached hydrogens (primary N) is 1. The molecule has 1 amide bonds. The number of guanidine groups is 1. The van der Waals surface area contributed by atoms with E-state index >= 15 is 0 Å². The summed E-state index contributed by atoms with van der Waals surface area (Å²) in [5.74, 6) is 0.651. The molecule has 0 radical (unpaired) electrons. The first-order valence-electron chi connectivity index (χ1n) is 12.2. The Morgan fingerprint density at radius 1 is 1.03 bits per heavy atom. The zero-order valence-corrected chi connectivity index (χ0v) is 20.8. The van der Waals surface area contributed by atoms with Crippen LogP contribution in [0.4, 0.5) is 0 Å².